The van der Waals surface area contributed by atoms with Gasteiger partial charge in [0.2, 0.25) is 5.91 Å². The number of carbonyl (C=O) groups excluding carboxylic acids is 1. The Balaban J connectivity index is 1.47. The zero-order valence-corrected chi connectivity index (χ0v) is 15.1. The number of aliphatic hydroxyl groups excluding tert-OH is 1. The Morgan fingerprint density at radius 3 is 2.75 bits per heavy atom. The van der Waals surface area contributed by atoms with Crippen molar-refractivity contribution in [2.75, 3.05) is 13.1 Å². The summed E-state index contributed by atoms with van der Waals surface area (Å²) < 4.78 is 1.90. The molecule has 1 unspecified atom stereocenters. The number of hydrogen-bond acceptors (Lipinski definition) is 4. The molecule has 1 saturated heterocycles. The van der Waals surface area contributed by atoms with Gasteiger partial charge < -0.3 is 10.0 Å². The van der Waals surface area contributed by atoms with Crippen molar-refractivity contribution >= 4 is 17.2 Å². The van der Waals surface area contributed by atoms with E-state index in [1.165, 1.54) is 0 Å². The Morgan fingerprint density at radius 1 is 1.42 bits per heavy atom. The molecule has 0 radical (unpaired) electrons. The number of aliphatic hydroxyl groups is 1. The molecule has 1 aliphatic rings. The molecular formula is C18H25N3O2S. The highest BCUT2D eigenvalue weighted by Crippen LogP contribution is 2.33. The molecule has 0 saturated carbocycles. The van der Waals surface area contributed by atoms with Gasteiger partial charge in [-0.3, -0.25) is 9.48 Å². The smallest absolute Gasteiger partial charge is 0.224 e. The molecule has 1 fully saturated rings. The van der Waals surface area contributed by atoms with Crippen molar-refractivity contribution in [1.82, 2.24) is 14.7 Å². The SMILES string of the molecule is Cc1cc(C)n(CCC(=O)N2CCC(C(O)c3cccs3)CC2)n1. The van der Waals surface area contributed by atoms with Gasteiger partial charge in [0.15, 0.2) is 0 Å². The van der Waals surface area contributed by atoms with Crippen molar-refractivity contribution in [3.8, 4) is 0 Å². The minimum atomic E-state index is -0.392. The molecule has 1 aliphatic heterocycles. The van der Waals surface area contributed by atoms with Gasteiger partial charge in [-0.2, -0.15) is 5.10 Å². The molecule has 1 N–H and O–H groups in total. The summed E-state index contributed by atoms with van der Waals surface area (Å²) in [5.74, 6) is 0.440. The first kappa shape index (κ1) is 17.2. The highest BCUT2D eigenvalue weighted by atomic mass is 32.1. The molecule has 1 atom stereocenters. The van der Waals surface area contributed by atoms with Gasteiger partial charge in [-0.15, -0.1) is 11.3 Å². The van der Waals surface area contributed by atoms with Gasteiger partial charge in [-0.1, -0.05) is 6.07 Å². The zero-order chi connectivity index (χ0) is 17.1. The van der Waals surface area contributed by atoms with Crippen LogP contribution in [0.3, 0.4) is 0 Å². The van der Waals surface area contributed by atoms with Gasteiger partial charge in [0.25, 0.3) is 0 Å². The van der Waals surface area contributed by atoms with Crippen LogP contribution in [-0.2, 0) is 11.3 Å². The first-order valence-electron chi connectivity index (χ1n) is 8.55. The Hall–Kier alpha value is -1.66. The average molecular weight is 347 g/mol. The number of piperidine rings is 1. The maximum Gasteiger partial charge on any atom is 0.224 e. The van der Waals surface area contributed by atoms with Crippen LogP contribution in [0.5, 0.6) is 0 Å². The molecule has 130 valence electrons. The molecule has 3 rings (SSSR count). The Bertz CT molecular complexity index is 673. The number of nitrogens with zero attached hydrogens (tertiary/aromatic N) is 3. The molecule has 2 aromatic rings. The van der Waals surface area contributed by atoms with Gasteiger partial charge in [-0.25, -0.2) is 0 Å². The van der Waals surface area contributed by atoms with E-state index in [2.05, 4.69) is 5.10 Å². The van der Waals surface area contributed by atoms with Crippen LogP contribution in [0.2, 0.25) is 0 Å². The fourth-order valence-corrected chi connectivity index (χ4v) is 4.22. The number of thiophene rings is 1. The lowest BCUT2D eigenvalue weighted by molar-refractivity contribution is -0.133. The summed E-state index contributed by atoms with van der Waals surface area (Å²) in [5.41, 5.74) is 2.08. The lowest BCUT2D eigenvalue weighted by Gasteiger charge is -2.34. The summed E-state index contributed by atoms with van der Waals surface area (Å²) in [4.78, 5) is 15.4. The summed E-state index contributed by atoms with van der Waals surface area (Å²) in [6.07, 6.45) is 1.83. The topological polar surface area (TPSA) is 58.4 Å². The van der Waals surface area contributed by atoms with Gasteiger partial charge in [-0.05, 0) is 50.1 Å². The van der Waals surface area contributed by atoms with E-state index in [1.807, 2.05) is 47.0 Å². The molecule has 0 spiro atoms. The van der Waals surface area contributed by atoms with E-state index < -0.39 is 6.10 Å². The molecule has 3 heterocycles. The van der Waals surface area contributed by atoms with Crippen molar-refractivity contribution in [1.29, 1.82) is 0 Å². The lowest BCUT2D eigenvalue weighted by atomic mass is 9.90. The van der Waals surface area contributed by atoms with E-state index in [-0.39, 0.29) is 11.8 Å². The predicted octanol–water partition coefficient (Wildman–Crippen LogP) is 2.92. The van der Waals surface area contributed by atoms with Crippen molar-refractivity contribution in [2.24, 2.45) is 5.92 Å². The highest BCUT2D eigenvalue weighted by molar-refractivity contribution is 7.10. The van der Waals surface area contributed by atoms with Crippen molar-refractivity contribution in [3.63, 3.8) is 0 Å². The van der Waals surface area contributed by atoms with Crippen LogP contribution in [0, 0.1) is 19.8 Å². The maximum absolute atomic E-state index is 12.4. The Kier molecular flexibility index (Phi) is 5.36. The minimum absolute atomic E-state index is 0.187. The Labute approximate surface area is 146 Å². The fourth-order valence-electron chi connectivity index (χ4n) is 3.42. The second-order valence-corrected chi connectivity index (χ2v) is 7.56. The minimum Gasteiger partial charge on any atom is -0.387 e. The normalized spacial score (nSPS) is 17.2. The summed E-state index contributed by atoms with van der Waals surface area (Å²) in [6.45, 7) is 6.10. The molecular weight excluding hydrogens is 322 g/mol. The number of aromatic nitrogens is 2. The second kappa shape index (κ2) is 7.49. The third-order valence-corrected chi connectivity index (χ3v) is 5.76. The van der Waals surface area contributed by atoms with Crippen molar-refractivity contribution < 1.29 is 9.90 Å². The van der Waals surface area contributed by atoms with Gasteiger partial charge in [0, 0.05) is 36.6 Å². The van der Waals surface area contributed by atoms with Crippen LogP contribution < -0.4 is 0 Å². The third kappa shape index (κ3) is 3.87. The first-order valence-corrected chi connectivity index (χ1v) is 9.43. The maximum atomic E-state index is 12.4. The molecule has 6 heteroatoms. The zero-order valence-electron chi connectivity index (χ0n) is 14.3. The first-order chi connectivity index (χ1) is 11.5. The number of aryl methyl sites for hydroxylation is 3. The van der Waals surface area contributed by atoms with Crippen LogP contribution in [-0.4, -0.2) is 38.8 Å². The number of likely N-dealkylation sites (tertiary alicyclic amines) is 1. The second-order valence-electron chi connectivity index (χ2n) is 6.58. The number of rotatable bonds is 5. The van der Waals surface area contributed by atoms with Crippen LogP contribution in [0.15, 0.2) is 23.6 Å². The summed E-state index contributed by atoms with van der Waals surface area (Å²) in [7, 11) is 0. The molecule has 0 aromatic carbocycles. The van der Waals surface area contributed by atoms with Gasteiger partial charge in [0.05, 0.1) is 11.8 Å². The highest BCUT2D eigenvalue weighted by Gasteiger charge is 2.28. The predicted molar refractivity (Wildman–Crippen MR) is 94.9 cm³/mol. The number of amides is 1. The van der Waals surface area contributed by atoms with E-state index in [4.69, 9.17) is 0 Å². The van der Waals surface area contributed by atoms with Crippen LogP contribution in [0.25, 0.3) is 0 Å². The van der Waals surface area contributed by atoms with Crippen molar-refractivity contribution in [3.05, 3.63) is 39.8 Å². The van der Waals surface area contributed by atoms with Gasteiger partial charge >= 0.3 is 0 Å². The average Bonchev–Trinajstić information content (AvgIpc) is 3.22. The largest absolute Gasteiger partial charge is 0.387 e. The van der Waals surface area contributed by atoms with E-state index in [0.717, 1.165) is 42.2 Å². The fraction of sp³-hybridized carbons (Fsp3) is 0.556. The van der Waals surface area contributed by atoms with Crippen molar-refractivity contribution in [2.45, 2.75) is 45.8 Å². The Morgan fingerprint density at radius 2 is 2.17 bits per heavy atom. The molecule has 5 nitrogen and oxygen atoms in total. The summed E-state index contributed by atoms with van der Waals surface area (Å²) in [6, 6.07) is 5.99. The van der Waals surface area contributed by atoms with Crippen LogP contribution in [0.1, 0.15) is 41.6 Å². The summed E-state index contributed by atoms with van der Waals surface area (Å²) in [5, 5.41) is 16.8. The summed E-state index contributed by atoms with van der Waals surface area (Å²) >= 11 is 1.60. The quantitative estimate of drug-likeness (QED) is 0.905. The van der Waals surface area contributed by atoms with E-state index >= 15 is 0 Å². The molecule has 1 amide bonds. The number of hydrogen-bond donors (Lipinski definition) is 1. The third-order valence-electron chi connectivity index (χ3n) is 4.81. The van der Waals surface area contributed by atoms with Crippen LogP contribution >= 0.6 is 11.3 Å². The molecule has 0 bridgehead atoms. The van der Waals surface area contributed by atoms with Crippen LogP contribution in [0.4, 0.5) is 0 Å². The molecule has 0 aliphatic carbocycles. The van der Waals surface area contributed by atoms with E-state index in [1.54, 1.807) is 11.3 Å². The molecule has 2 aromatic heterocycles. The van der Waals surface area contributed by atoms with Gasteiger partial charge in [0.1, 0.15) is 0 Å². The molecule has 24 heavy (non-hydrogen) atoms. The standard InChI is InChI=1S/C18H25N3O2S/c1-13-12-14(2)21(19-13)10-7-17(22)20-8-5-15(6-9-20)18(23)16-4-3-11-24-16/h3-4,11-12,15,18,23H,5-10H2,1-2H3. The lowest BCUT2D eigenvalue weighted by Crippen LogP contribution is -2.40. The van der Waals surface area contributed by atoms with E-state index in [9.17, 15) is 9.90 Å². The number of carbonyl (C=O) groups is 1. The monoisotopic (exact) mass is 347 g/mol. The van der Waals surface area contributed by atoms with E-state index in [0.29, 0.717) is 13.0 Å².